The second-order valence-corrected chi connectivity index (χ2v) is 7.63. The van der Waals surface area contributed by atoms with Crippen molar-refractivity contribution in [3.05, 3.63) is 86.0 Å². The van der Waals surface area contributed by atoms with E-state index in [1.807, 2.05) is 12.1 Å². The van der Waals surface area contributed by atoms with Crippen molar-refractivity contribution in [3.63, 3.8) is 0 Å². The summed E-state index contributed by atoms with van der Waals surface area (Å²) in [7, 11) is 0. The Morgan fingerprint density at radius 2 is 1.87 bits per heavy atom. The molecule has 3 rings (SSSR count). The molecule has 1 aromatic carbocycles. The summed E-state index contributed by atoms with van der Waals surface area (Å²) in [6.07, 6.45) is 0.914. The molecule has 0 fully saturated rings. The van der Waals surface area contributed by atoms with E-state index in [4.69, 9.17) is 5.73 Å². The third kappa shape index (κ3) is 5.33. The number of aromatic nitrogens is 3. The van der Waals surface area contributed by atoms with Crippen LogP contribution in [0.3, 0.4) is 0 Å². The second kappa shape index (κ2) is 9.23. The number of nitrogens with zero attached hydrogens (tertiary/aromatic N) is 3. The van der Waals surface area contributed by atoms with Crippen LogP contribution in [-0.4, -0.2) is 20.9 Å². The summed E-state index contributed by atoms with van der Waals surface area (Å²) in [5.41, 5.74) is 5.24. The number of benzene rings is 1. The van der Waals surface area contributed by atoms with E-state index in [2.05, 4.69) is 5.10 Å². The first-order chi connectivity index (χ1) is 14.3. The molecule has 30 heavy (non-hydrogen) atoms. The summed E-state index contributed by atoms with van der Waals surface area (Å²) in [6.45, 7) is 0.286. The number of halogens is 4. The zero-order chi connectivity index (χ0) is 21.7. The molecule has 0 radical (unpaired) electrons. The minimum absolute atomic E-state index is 0.00461. The van der Waals surface area contributed by atoms with E-state index in [9.17, 15) is 22.4 Å². The van der Waals surface area contributed by atoms with Gasteiger partial charge in [0.25, 0.3) is 0 Å². The Labute approximate surface area is 173 Å². The van der Waals surface area contributed by atoms with Crippen LogP contribution in [0.4, 0.5) is 17.6 Å². The van der Waals surface area contributed by atoms with Crippen LogP contribution in [-0.2, 0) is 19.3 Å². The lowest BCUT2D eigenvalue weighted by molar-refractivity contribution is -0.137. The molecule has 0 aliphatic heterocycles. The van der Waals surface area contributed by atoms with Crippen LogP contribution in [0, 0.1) is 0 Å². The van der Waals surface area contributed by atoms with Crippen LogP contribution in [0.2, 0.25) is 0 Å². The van der Waals surface area contributed by atoms with Gasteiger partial charge in [-0.1, -0.05) is 18.2 Å². The summed E-state index contributed by atoms with van der Waals surface area (Å²) >= 11 is 1.44. The first kappa shape index (κ1) is 21.7. The summed E-state index contributed by atoms with van der Waals surface area (Å²) in [5.74, 6) is 0. The van der Waals surface area contributed by atoms with Gasteiger partial charge >= 0.3 is 11.9 Å². The van der Waals surface area contributed by atoms with Crippen molar-refractivity contribution in [2.24, 2.45) is 5.73 Å². The van der Waals surface area contributed by atoms with Crippen LogP contribution in [0.15, 0.2) is 59.4 Å². The number of hydrogen-bond acceptors (Lipinski definition) is 4. The number of thiophene rings is 1. The van der Waals surface area contributed by atoms with Gasteiger partial charge in [0.05, 0.1) is 25.0 Å². The maximum Gasteiger partial charge on any atom is 0.416 e. The molecule has 0 saturated carbocycles. The Hall–Kier alpha value is -2.98. The number of alkyl halides is 3. The maximum absolute atomic E-state index is 12.7. The molecule has 10 heteroatoms. The predicted molar refractivity (Wildman–Crippen MR) is 109 cm³/mol. The van der Waals surface area contributed by atoms with Gasteiger partial charge in [0.1, 0.15) is 6.33 Å². The maximum atomic E-state index is 12.7. The Morgan fingerprint density at radius 1 is 1.13 bits per heavy atom. The first-order valence-corrected chi connectivity index (χ1v) is 9.66. The molecule has 2 N–H and O–H groups in total. The van der Waals surface area contributed by atoms with Crippen LogP contribution in [0.5, 0.6) is 0 Å². The number of nitrogens with two attached hydrogens (primary N) is 1. The van der Waals surface area contributed by atoms with Crippen molar-refractivity contribution in [3.8, 4) is 0 Å². The zero-order valence-corrected chi connectivity index (χ0v) is 16.5. The van der Waals surface area contributed by atoms with Crippen molar-refractivity contribution in [2.75, 3.05) is 6.54 Å². The first-order valence-electron chi connectivity index (χ1n) is 8.84. The highest BCUT2D eigenvalue weighted by molar-refractivity contribution is 7.12. The lowest BCUT2D eigenvalue weighted by atomic mass is 10.1. The summed E-state index contributed by atoms with van der Waals surface area (Å²) in [4.78, 5) is 14.1. The number of rotatable bonds is 7. The molecule has 0 bridgehead atoms. The molecule has 0 unspecified atom stereocenters. The summed E-state index contributed by atoms with van der Waals surface area (Å²) in [5, 5.41) is 3.97. The summed E-state index contributed by atoms with van der Waals surface area (Å²) < 4.78 is 53.0. The Balaban J connectivity index is 1.66. The third-order valence-corrected chi connectivity index (χ3v) is 5.29. The van der Waals surface area contributed by atoms with Gasteiger partial charge in [-0.25, -0.2) is 13.9 Å². The lowest BCUT2D eigenvalue weighted by Gasteiger charge is -2.05. The van der Waals surface area contributed by atoms with Gasteiger partial charge < -0.3 is 5.73 Å². The van der Waals surface area contributed by atoms with Crippen LogP contribution in [0.1, 0.15) is 20.9 Å². The Kier molecular flexibility index (Phi) is 6.68. The Morgan fingerprint density at radius 3 is 2.50 bits per heavy atom. The van der Waals surface area contributed by atoms with E-state index in [1.165, 1.54) is 34.4 Å². The van der Waals surface area contributed by atoms with Crippen LogP contribution >= 0.6 is 11.3 Å². The predicted octanol–water partition coefficient (Wildman–Crippen LogP) is 4.16. The van der Waals surface area contributed by atoms with Gasteiger partial charge in [0.2, 0.25) is 0 Å². The molecule has 2 heterocycles. The monoisotopic (exact) mass is 438 g/mol. The molecule has 0 aliphatic carbocycles. The third-order valence-electron chi connectivity index (χ3n) is 4.25. The van der Waals surface area contributed by atoms with Crippen molar-refractivity contribution >= 4 is 23.5 Å². The fraction of sp³-hybridized carbons (Fsp3) is 0.200. The molecule has 0 amide bonds. The summed E-state index contributed by atoms with van der Waals surface area (Å²) in [6, 6.07) is 8.60. The normalized spacial score (nSPS) is 12.8. The molecule has 0 atom stereocenters. The quantitative estimate of drug-likeness (QED) is 0.564. The molecular weight excluding hydrogens is 420 g/mol. The Bertz CT molecular complexity index is 1110. The molecule has 158 valence electrons. The highest BCUT2D eigenvalue weighted by Gasteiger charge is 2.29. The molecule has 3 aromatic rings. The van der Waals surface area contributed by atoms with Gasteiger partial charge in [-0.05, 0) is 41.5 Å². The van der Waals surface area contributed by atoms with E-state index >= 15 is 0 Å². The highest BCUT2D eigenvalue weighted by atomic mass is 32.1. The van der Waals surface area contributed by atoms with E-state index in [1.54, 1.807) is 12.2 Å². The van der Waals surface area contributed by atoms with Gasteiger partial charge in [-0.3, -0.25) is 4.57 Å². The van der Waals surface area contributed by atoms with E-state index in [-0.39, 0.29) is 24.4 Å². The molecular formula is C20H18F4N4OS. The zero-order valence-electron chi connectivity index (χ0n) is 15.6. The molecule has 5 nitrogen and oxygen atoms in total. The van der Waals surface area contributed by atoms with E-state index in [0.29, 0.717) is 18.4 Å². The van der Waals surface area contributed by atoms with Gasteiger partial charge in [0, 0.05) is 16.3 Å². The lowest BCUT2D eigenvalue weighted by Crippen LogP contribution is -2.26. The minimum Gasteiger partial charge on any atom is -0.327 e. The molecule has 2 aromatic heterocycles. The molecule has 0 aliphatic rings. The van der Waals surface area contributed by atoms with Gasteiger partial charge in [0.15, 0.2) is 0 Å². The van der Waals surface area contributed by atoms with Crippen molar-refractivity contribution < 1.29 is 17.6 Å². The SMILES string of the molecule is NC/C(=C\F)Cn1ncn(Cc2ccc(/C=C/c3ccc(C(F)(F)F)cc3)s2)c1=O. The molecule has 0 saturated heterocycles. The highest BCUT2D eigenvalue weighted by Crippen LogP contribution is 2.29. The van der Waals surface area contributed by atoms with Gasteiger partial charge in [-0.2, -0.15) is 18.3 Å². The fourth-order valence-corrected chi connectivity index (χ4v) is 3.54. The van der Waals surface area contributed by atoms with Crippen LogP contribution in [0.25, 0.3) is 12.2 Å². The second-order valence-electron chi connectivity index (χ2n) is 6.43. The largest absolute Gasteiger partial charge is 0.416 e. The molecule has 0 spiro atoms. The van der Waals surface area contributed by atoms with E-state index < -0.39 is 11.7 Å². The van der Waals surface area contributed by atoms with Crippen molar-refractivity contribution in [1.82, 2.24) is 14.3 Å². The van der Waals surface area contributed by atoms with Crippen LogP contribution < -0.4 is 11.4 Å². The van der Waals surface area contributed by atoms with E-state index in [0.717, 1.165) is 26.6 Å². The minimum atomic E-state index is -4.36. The van der Waals surface area contributed by atoms with Gasteiger partial charge in [-0.15, -0.1) is 11.3 Å². The number of hydrogen-bond donors (Lipinski definition) is 1. The topological polar surface area (TPSA) is 65.8 Å². The standard InChI is InChI=1S/C20H18F4N4OS/c21-9-15(10-25)11-28-19(29)27(13-26-28)12-18-8-7-17(30-18)6-3-14-1-4-16(5-2-14)20(22,23)24/h1-9,13H,10-12,25H2/b6-3+,15-9+. The smallest absolute Gasteiger partial charge is 0.327 e. The average molecular weight is 438 g/mol. The van der Waals surface area contributed by atoms with Crippen molar-refractivity contribution in [2.45, 2.75) is 19.3 Å². The average Bonchev–Trinajstić information content (AvgIpc) is 3.31. The van der Waals surface area contributed by atoms with Crippen molar-refractivity contribution in [1.29, 1.82) is 0 Å². The fourth-order valence-electron chi connectivity index (χ4n) is 2.62.